The first kappa shape index (κ1) is 20.5. The zero-order valence-electron chi connectivity index (χ0n) is 16.7. The molecule has 1 aliphatic rings. The summed E-state index contributed by atoms with van der Waals surface area (Å²) in [7, 11) is 0. The predicted octanol–water partition coefficient (Wildman–Crippen LogP) is 3.63. The molecule has 3 rings (SSSR count). The lowest BCUT2D eigenvalue weighted by molar-refractivity contribution is -0.385. The summed E-state index contributed by atoms with van der Waals surface area (Å²) < 4.78 is 5.47. The van der Waals surface area contributed by atoms with Crippen molar-refractivity contribution in [3.05, 3.63) is 75.3 Å². The zero-order valence-corrected chi connectivity index (χ0v) is 16.7. The number of benzene rings is 2. The van der Waals surface area contributed by atoms with Crippen LogP contribution in [0.4, 0.5) is 5.69 Å². The lowest BCUT2D eigenvalue weighted by Gasteiger charge is -2.35. The van der Waals surface area contributed by atoms with Crippen molar-refractivity contribution in [3.63, 3.8) is 0 Å². The van der Waals surface area contributed by atoms with Crippen LogP contribution in [-0.4, -0.2) is 53.6 Å². The van der Waals surface area contributed by atoms with Gasteiger partial charge < -0.3 is 4.74 Å². The van der Waals surface area contributed by atoms with Gasteiger partial charge in [0.2, 0.25) is 0 Å². The van der Waals surface area contributed by atoms with Gasteiger partial charge in [0.1, 0.15) is 0 Å². The molecular formula is C22H29N3O3. The Morgan fingerprint density at radius 3 is 2.50 bits per heavy atom. The predicted molar refractivity (Wildman–Crippen MR) is 110 cm³/mol. The van der Waals surface area contributed by atoms with Gasteiger partial charge in [-0.2, -0.15) is 0 Å². The molecule has 2 aromatic carbocycles. The number of hydrogen-bond acceptors (Lipinski definition) is 5. The van der Waals surface area contributed by atoms with E-state index in [4.69, 9.17) is 4.74 Å². The zero-order chi connectivity index (χ0) is 19.9. The van der Waals surface area contributed by atoms with Gasteiger partial charge in [-0.25, -0.2) is 0 Å². The summed E-state index contributed by atoms with van der Waals surface area (Å²) >= 11 is 0. The second-order valence-corrected chi connectivity index (χ2v) is 7.47. The van der Waals surface area contributed by atoms with Gasteiger partial charge in [-0.15, -0.1) is 0 Å². The van der Waals surface area contributed by atoms with E-state index in [1.165, 1.54) is 5.56 Å². The third-order valence-electron chi connectivity index (χ3n) is 5.47. The van der Waals surface area contributed by atoms with Crippen LogP contribution in [0.3, 0.4) is 0 Å². The van der Waals surface area contributed by atoms with E-state index in [0.29, 0.717) is 12.6 Å². The molecule has 1 aliphatic heterocycles. The van der Waals surface area contributed by atoms with E-state index in [1.807, 2.05) is 19.1 Å². The maximum absolute atomic E-state index is 11.3. The van der Waals surface area contributed by atoms with Crippen molar-refractivity contribution in [2.24, 2.45) is 0 Å². The van der Waals surface area contributed by atoms with Gasteiger partial charge in [0.15, 0.2) is 0 Å². The fourth-order valence-corrected chi connectivity index (χ4v) is 3.72. The highest BCUT2D eigenvalue weighted by atomic mass is 16.6. The molecule has 0 spiro atoms. The van der Waals surface area contributed by atoms with Crippen molar-refractivity contribution in [3.8, 4) is 0 Å². The number of ether oxygens (including phenoxy) is 1. The molecule has 1 heterocycles. The Bertz CT molecular complexity index is 776. The van der Waals surface area contributed by atoms with Crippen LogP contribution in [0.25, 0.3) is 0 Å². The van der Waals surface area contributed by atoms with Crippen LogP contribution in [0.5, 0.6) is 0 Å². The Balaban J connectivity index is 1.79. The average molecular weight is 383 g/mol. The molecule has 0 aliphatic carbocycles. The molecule has 0 aromatic heterocycles. The molecule has 28 heavy (non-hydrogen) atoms. The fraction of sp³-hybridized carbons (Fsp3) is 0.455. The molecule has 1 atom stereocenters. The third kappa shape index (κ3) is 5.38. The van der Waals surface area contributed by atoms with Crippen LogP contribution < -0.4 is 0 Å². The average Bonchev–Trinajstić information content (AvgIpc) is 2.70. The van der Waals surface area contributed by atoms with Crippen molar-refractivity contribution in [2.45, 2.75) is 33.0 Å². The van der Waals surface area contributed by atoms with Crippen LogP contribution >= 0.6 is 0 Å². The van der Waals surface area contributed by atoms with Crippen molar-refractivity contribution >= 4 is 5.69 Å². The highest BCUT2D eigenvalue weighted by molar-refractivity contribution is 5.44. The van der Waals surface area contributed by atoms with Crippen LogP contribution in [0.15, 0.2) is 48.5 Å². The molecule has 1 saturated heterocycles. The Morgan fingerprint density at radius 1 is 1.11 bits per heavy atom. The maximum atomic E-state index is 11.3. The number of rotatable bonds is 8. The molecule has 2 aromatic rings. The van der Waals surface area contributed by atoms with E-state index in [0.717, 1.165) is 50.5 Å². The highest BCUT2D eigenvalue weighted by Gasteiger charge is 2.22. The lowest BCUT2D eigenvalue weighted by atomic mass is 10.0. The summed E-state index contributed by atoms with van der Waals surface area (Å²) in [5.41, 5.74) is 3.21. The van der Waals surface area contributed by atoms with Gasteiger partial charge in [-0.05, 0) is 25.0 Å². The van der Waals surface area contributed by atoms with Gasteiger partial charge in [-0.3, -0.25) is 19.9 Å². The summed E-state index contributed by atoms with van der Waals surface area (Å²) in [4.78, 5) is 15.9. The Labute approximate surface area is 166 Å². The molecule has 1 unspecified atom stereocenters. The van der Waals surface area contributed by atoms with Gasteiger partial charge in [-0.1, -0.05) is 42.5 Å². The Morgan fingerprint density at radius 2 is 1.82 bits per heavy atom. The molecule has 0 saturated carbocycles. The molecule has 0 radical (unpaired) electrons. The smallest absolute Gasteiger partial charge is 0.272 e. The molecule has 1 fully saturated rings. The molecule has 6 nitrogen and oxygen atoms in total. The summed E-state index contributed by atoms with van der Waals surface area (Å²) in [5, 5.41) is 11.3. The maximum Gasteiger partial charge on any atom is 0.272 e. The van der Waals surface area contributed by atoms with Crippen LogP contribution in [0.1, 0.15) is 23.6 Å². The molecule has 0 N–H and O–H groups in total. The van der Waals surface area contributed by atoms with E-state index in [2.05, 4.69) is 41.0 Å². The normalized spacial score (nSPS) is 16.2. The molecule has 6 heteroatoms. The largest absolute Gasteiger partial charge is 0.379 e. The minimum absolute atomic E-state index is 0.193. The van der Waals surface area contributed by atoms with E-state index in [1.54, 1.807) is 12.1 Å². The Hall–Kier alpha value is -2.28. The first-order chi connectivity index (χ1) is 13.5. The molecule has 0 bridgehead atoms. The van der Waals surface area contributed by atoms with Crippen LogP contribution in [-0.2, 0) is 17.8 Å². The highest BCUT2D eigenvalue weighted by Crippen LogP contribution is 2.24. The quantitative estimate of drug-likeness (QED) is 0.515. The minimum atomic E-state index is -0.294. The number of morpholine rings is 1. The Kier molecular flexibility index (Phi) is 7.14. The van der Waals surface area contributed by atoms with Crippen molar-refractivity contribution in [2.75, 3.05) is 32.8 Å². The van der Waals surface area contributed by atoms with E-state index in [9.17, 15) is 10.1 Å². The summed E-state index contributed by atoms with van der Waals surface area (Å²) in [6, 6.07) is 16.1. The molecular weight excluding hydrogens is 354 g/mol. The van der Waals surface area contributed by atoms with Crippen LogP contribution in [0.2, 0.25) is 0 Å². The molecule has 150 valence electrons. The number of nitrogens with zero attached hydrogens (tertiary/aromatic N) is 3. The first-order valence-corrected chi connectivity index (χ1v) is 9.85. The van der Waals surface area contributed by atoms with Gasteiger partial charge in [0, 0.05) is 50.4 Å². The van der Waals surface area contributed by atoms with Crippen molar-refractivity contribution < 1.29 is 9.66 Å². The topological polar surface area (TPSA) is 58.8 Å². The number of hydrogen-bond donors (Lipinski definition) is 0. The lowest BCUT2D eigenvalue weighted by Crippen LogP contribution is -2.45. The minimum Gasteiger partial charge on any atom is -0.379 e. The van der Waals surface area contributed by atoms with Crippen LogP contribution in [0, 0.1) is 17.0 Å². The van der Waals surface area contributed by atoms with E-state index in [-0.39, 0.29) is 10.6 Å². The van der Waals surface area contributed by atoms with Crippen molar-refractivity contribution in [1.29, 1.82) is 0 Å². The summed E-state index contributed by atoms with van der Waals surface area (Å²) in [6.45, 7) is 10.0. The standard InChI is InChI=1S/C22H29N3O3/c1-18(15-23-11-13-28-14-12-23)24(16-20-7-4-3-5-8-20)17-21-9-6-10-22(19(21)2)25(26)27/h3-10,18H,11-17H2,1-2H3. The SMILES string of the molecule is Cc1c(CN(Cc2ccccc2)C(C)CN2CCOCC2)cccc1[N+](=O)[O-]. The van der Waals surface area contributed by atoms with Gasteiger partial charge >= 0.3 is 0 Å². The van der Waals surface area contributed by atoms with E-state index < -0.39 is 0 Å². The van der Waals surface area contributed by atoms with Gasteiger partial charge in [0.05, 0.1) is 18.1 Å². The number of nitro benzene ring substituents is 1. The van der Waals surface area contributed by atoms with Gasteiger partial charge in [0.25, 0.3) is 5.69 Å². The third-order valence-corrected chi connectivity index (χ3v) is 5.47. The van der Waals surface area contributed by atoms with Crippen molar-refractivity contribution in [1.82, 2.24) is 9.80 Å². The fourth-order valence-electron chi connectivity index (χ4n) is 3.72. The second-order valence-electron chi connectivity index (χ2n) is 7.47. The van der Waals surface area contributed by atoms with E-state index >= 15 is 0 Å². The summed E-state index contributed by atoms with van der Waals surface area (Å²) in [5.74, 6) is 0. The molecule has 0 amide bonds. The first-order valence-electron chi connectivity index (χ1n) is 9.85. The summed E-state index contributed by atoms with van der Waals surface area (Å²) in [6.07, 6.45) is 0. The second kappa shape index (κ2) is 9.78. The monoisotopic (exact) mass is 383 g/mol. The number of nitro groups is 1.